The average molecular weight is 329 g/mol. The summed E-state index contributed by atoms with van der Waals surface area (Å²) in [6, 6.07) is 5.19. The number of carbonyl (C=O) groups excluding carboxylic acids is 1. The second kappa shape index (κ2) is 5.85. The first-order valence-electron chi connectivity index (χ1n) is 6.91. The molecule has 118 valence electrons. The summed E-state index contributed by atoms with van der Waals surface area (Å²) < 4.78 is 7.01. The predicted molar refractivity (Wildman–Crippen MR) is 90.5 cm³/mol. The highest BCUT2D eigenvalue weighted by Crippen LogP contribution is 2.23. The SMILES string of the molecule is COc1cccc2c(=O)c(C(=O)Nc3nc(C)cs3)cn(C)c12. The van der Waals surface area contributed by atoms with Crippen LogP contribution in [0.5, 0.6) is 5.75 Å². The van der Waals surface area contributed by atoms with Gasteiger partial charge < -0.3 is 9.30 Å². The fraction of sp³-hybridized carbons (Fsp3) is 0.188. The van der Waals surface area contributed by atoms with E-state index in [2.05, 4.69) is 10.3 Å². The van der Waals surface area contributed by atoms with Gasteiger partial charge in [-0.25, -0.2) is 4.98 Å². The number of hydrogen-bond acceptors (Lipinski definition) is 5. The zero-order chi connectivity index (χ0) is 16.6. The van der Waals surface area contributed by atoms with Crippen LogP contribution in [0.2, 0.25) is 0 Å². The van der Waals surface area contributed by atoms with Crippen LogP contribution >= 0.6 is 11.3 Å². The molecular formula is C16H15N3O3S. The number of hydrogen-bond donors (Lipinski definition) is 1. The summed E-state index contributed by atoms with van der Waals surface area (Å²) in [7, 11) is 3.32. The summed E-state index contributed by atoms with van der Waals surface area (Å²) in [6.45, 7) is 1.84. The van der Waals surface area contributed by atoms with Gasteiger partial charge in [-0.3, -0.25) is 14.9 Å². The highest BCUT2D eigenvalue weighted by atomic mass is 32.1. The second-order valence-corrected chi connectivity index (χ2v) is 5.95. The molecule has 0 radical (unpaired) electrons. The van der Waals surface area contributed by atoms with Gasteiger partial charge in [-0.15, -0.1) is 11.3 Å². The lowest BCUT2D eigenvalue weighted by molar-refractivity contribution is 0.102. The molecule has 0 saturated heterocycles. The molecule has 1 aromatic carbocycles. The van der Waals surface area contributed by atoms with Crippen LogP contribution in [0.1, 0.15) is 16.1 Å². The van der Waals surface area contributed by atoms with Gasteiger partial charge in [0.1, 0.15) is 11.3 Å². The van der Waals surface area contributed by atoms with Gasteiger partial charge in [-0.1, -0.05) is 6.07 Å². The number of pyridine rings is 1. The van der Waals surface area contributed by atoms with E-state index >= 15 is 0 Å². The summed E-state index contributed by atoms with van der Waals surface area (Å²) in [4.78, 5) is 29.2. The van der Waals surface area contributed by atoms with Gasteiger partial charge in [0.25, 0.3) is 5.91 Å². The molecular weight excluding hydrogens is 314 g/mol. The molecule has 0 aliphatic rings. The number of benzene rings is 1. The monoisotopic (exact) mass is 329 g/mol. The number of aromatic nitrogens is 2. The molecule has 0 unspecified atom stereocenters. The Balaban J connectivity index is 2.10. The minimum atomic E-state index is -0.468. The Labute approximate surface area is 136 Å². The van der Waals surface area contributed by atoms with Crippen molar-refractivity contribution in [1.29, 1.82) is 0 Å². The highest BCUT2D eigenvalue weighted by molar-refractivity contribution is 7.13. The molecule has 23 heavy (non-hydrogen) atoms. The maximum Gasteiger partial charge on any atom is 0.262 e. The second-order valence-electron chi connectivity index (χ2n) is 5.09. The van der Waals surface area contributed by atoms with Crippen LogP contribution < -0.4 is 15.5 Å². The lowest BCUT2D eigenvalue weighted by atomic mass is 10.1. The van der Waals surface area contributed by atoms with Crippen molar-refractivity contribution >= 4 is 33.3 Å². The molecule has 0 atom stereocenters. The largest absolute Gasteiger partial charge is 0.495 e. The number of nitrogens with one attached hydrogen (secondary N) is 1. The van der Waals surface area contributed by atoms with E-state index in [1.165, 1.54) is 17.5 Å². The third-order valence-electron chi connectivity index (χ3n) is 3.47. The number of amides is 1. The third kappa shape index (κ3) is 2.70. The number of para-hydroxylation sites is 1. The van der Waals surface area contributed by atoms with E-state index in [0.717, 1.165) is 5.69 Å². The molecule has 0 aliphatic carbocycles. The molecule has 0 saturated carbocycles. The molecule has 1 N–H and O–H groups in total. The number of ether oxygens (including phenoxy) is 1. The van der Waals surface area contributed by atoms with Crippen LogP contribution in [-0.2, 0) is 7.05 Å². The molecule has 0 aliphatic heterocycles. The summed E-state index contributed by atoms with van der Waals surface area (Å²) in [6.07, 6.45) is 1.52. The van der Waals surface area contributed by atoms with E-state index in [9.17, 15) is 9.59 Å². The highest BCUT2D eigenvalue weighted by Gasteiger charge is 2.17. The molecule has 0 bridgehead atoms. The number of rotatable bonds is 3. The molecule has 3 aromatic rings. The Morgan fingerprint density at radius 1 is 1.39 bits per heavy atom. The van der Waals surface area contributed by atoms with E-state index in [1.54, 1.807) is 36.9 Å². The Kier molecular flexibility index (Phi) is 3.87. The standard InChI is InChI=1S/C16H15N3O3S/c1-9-8-23-16(17-9)18-15(21)11-7-19(2)13-10(14(11)20)5-4-6-12(13)22-3/h4-8H,1-3H3,(H,17,18,21). The lowest BCUT2D eigenvalue weighted by Crippen LogP contribution is -2.23. The number of fused-ring (bicyclic) bond motifs is 1. The molecule has 3 rings (SSSR count). The Hall–Kier alpha value is -2.67. The van der Waals surface area contributed by atoms with Gasteiger partial charge in [0, 0.05) is 18.6 Å². The number of methoxy groups -OCH3 is 1. The number of thiazole rings is 1. The van der Waals surface area contributed by atoms with Crippen molar-refractivity contribution in [2.24, 2.45) is 7.05 Å². The fourth-order valence-electron chi connectivity index (χ4n) is 2.43. The van der Waals surface area contributed by atoms with Crippen LogP contribution in [0.3, 0.4) is 0 Å². The quantitative estimate of drug-likeness (QED) is 0.801. The Morgan fingerprint density at radius 2 is 2.17 bits per heavy atom. The van der Waals surface area contributed by atoms with Crippen molar-refractivity contribution < 1.29 is 9.53 Å². The summed E-state index contributed by atoms with van der Waals surface area (Å²) in [5.41, 5.74) is 1.21. The first kappa shape index (κ1) is 15.2. The van der Waals surface area contributed by atoms with Crippen molar-refractivity contribution in [3.05, 3.63) is 51.3 Å². The number of aryl methyl sites for hydroxylation is 2. The molecule has 7 heteroatoms. The Morgan fingerprint density at radius 3 is 2.83 bits per heavy atom. The van der Waals surface area contributed by atoms with Crippen LogP contribution in [0.25, 0.3) is 10.9 Å². The maximum atomic E-state index is 12.6. The van der Waals surface area contributed by atoms with Crippen molar-refractivity contribution in [3.63, 3.8) is 0 Å². The van der Waals surface area contributed by atoms with Gasteiger partial charge >= 0.3 is 0 Å². The third-order valence-corrected chi connectivity index (χ3v) is 4.34. The Bertz CT molecular complexity index is 959. The van der Waals surface area contributed by atoms with Crippen molar-refractivity contribution in [2.45, 2.75) is 6.92 Å². The summed E-state index contributed by atoms with van der Waals surface area (Å²) >= 11 is 1.32. The van der Waals surface area contributed by atoms with E-state index in [-0.39, 0.29) is 11.0 Å². The number of carbonyl (C=O) groups is 1. The van der Waals surface area contributed by atoms with Crippen LogP contribution in [0.15, 0.2) is 34.6 Å². The van der Waals surface area contributed by atoms with Gasteiger partial charge in [-0.2, -0.15) is 0 Å². The minimum Gasteiger partial charge on any atom is -0.495 e. The fourth-order valence-corrected chi connectivity index (χ4v) is 3.12. The first-order valence-corrected chi connectivity index (χ1v) is 7.79. The van der Waals surface area contributed by atoms with E-state index < -0.39 is 5.91 Å². The topological polar surface area (TPSA) is 73.2 Å². The van der Waals surface area contributed by atoms with Crippen LogP contribution in [0, 0.1) is 6.92 Å². The van der Waals surface area contributed by atoms with Gasteiger partial charge in [0.2, 0.25) is 5.43 Å². The van der Waals surface area contributed by atoms with Crippen molar-refractivity contribution in [2.75, 3.05) is 12.4 Å². The lowest BCUT2D eigenvalue weighted by Gasteiger charge is -2.11. The number of nitrogens with zero attached hydrogens (tertiary/aromatic N) is 2. The molecule has 2 aromatic heterocycles. The zero-order valence-corrected chi connectivity index (χ0v) is 13.7. The first-order chi connectivity index (χ1) is 11.0. The van der Waals surface area contributed by atoms with E-state index in [4.69, 9.17) is 4.74 Å². The number of anilines is 1. The normalized spacial score (nSPS) is 10.7. The maximum absolute atomic E-state index is 12.6. The van der Waals surface area contributed by atoms with Gasteiger partial charge in [0.15, 0.2) is 5.13 Å². The zero-order valence-electron chi connectivity index (χ0n) is 12.9. The van der Waals surface area contributed by atoms with Crippen molar-refractivity contribution in [3.8, 4) is 5.75 Å². The van der Waals surface area contributed by atoms with Crippen LogP contribution in [-0.4, -0.2) is 22.6 Å². The average Bonchev–Trinajstić information content (AvgIpc) is 2.94. The van der Waals surface area contributed by atoms with E-state index in [1.807, 2.05) is 12.3 Å². The van der Waals surface area contributed by atoms with E-state index in [0.29, 0.717) is 21.8 Å². The molecule has 0 fully saturated rings. The van der Waals surface area contributed by atoms with Gasteiger partial charge in [0.05, 0.1) is 23.7 Å². The molecule has 2 heterocycles. The van der Waals surface area contributed by atoms with Crippen molar-refractivity contribution in [1.82, 2.24) is 9.55 Å². The molecule has 6 nitrogen and oxygen atoms in total. The predicted octanol–water partition coefficient (Wildman–Crippen LogP) is 2.56. The summed E-state index contributed by atoms with van der Waals surface area (Å²) in [5, 5.41) is 5.41. The molecule has 1 amide bonds. The van der Waals surface area contributed by atoms with Crippen LogP contribution in [0.4, 0.5) is 5.13 Å². The smallest absolute Gasteiger partial charge is 0.262 e. The molecule has 0 spiro atoms. The minimum absolute atomic E-state index is 0.0705. The summed E-state index contributed by atoms with van der Waals surface area (Å²) in [5.74, 6) is 0.120. The van der Waals surface area contributed by atoms with Gasteiger partial charge in [-0.05, 0) is 19.1 Å².